The Morgan fingerprint density at radius 2 is 2.05 bits per heavy atom. The number of allylic oxidation sites excluding steroid dienone is 1. The molecule has 108 valence electrons. The van der Waals surface area contributed by atoms with Crippen molar-refractivity contribution in [2.24, 2.45) is 5.92 Å². The van der Waals surface area contributed by atoms with Crippen LogP contribution in [-0.4, -0.2) is 19.1 Å². The molecule has 1 fully saturated rings. The second-order valence-corrected chi connectivity index (χ2v) is 5.44. The van der Waals surface area contributed by atoms with E-state index in [1.54, 1.807) is 0 Å². The van der Waals surface area contributed by atoms with Gasteiger partial charge in [-0.25, -0.2) is 4.79 Å². The van der Waals surface area contributed by atoms with Crippen LogP contribution in [0.3, 0.4) is 0 Å². The van der Waals surface area contributed by atoms with Crippen molar-refractivity contribution in [1.82, 2.24) is 0 Å². The van der Waals surface area contributed by atoms with Crippen molar-refractivity contribution in [1.29, 1.82) is 0 Å². The molecule has 2 heterocycles. The number of halogens is 1. The summed E-state index contributed by atoms with van der Waals surface area (Å²) in [5.74, 6) is 0.520. The van der Waals surface area contributed by atoms with Crippen LogP contribution in [0, 0.1) is 12.8 Å². The first-order chi connectivity index (χ1) is 9.25. The zero-order valence-electron chi connectivity index (χ0n) is 11.7. The molecule has 0 atom stereocenters. The van der Waals surface area contributed by atoms with Gasteiger partial charge in [0.05, 0.1) is 18.7 Å². The lowest BCUT2D eigenvalue weighted by Gasteiger charge is -2.16. The van der Waals surface area contributed by atoms with Gasteiger partial charge < -0.3 is 22.5 Å². The number of hydrogen-bond donors (Lipinski definition) is 1. The first-order valence-electron chi connectivity index (χ1n) is 7.05. The fraction of sp³-hybridized carbons (Fsp3) is 0.438. The third-order valence-corrected chi connectivity index (χ3v) is 4.24. The largest absolute Gasteiger partial charge is 1.00 e. The number of cyclic esters (lactones) is 1. The van der Waals surface area contributed by atoms with Gasteiger partial charge in [0.15, 0.2) is 0 Å². The number of ether oxygens (including phenoxy) is 1. The Kier molecular flexibility index (Phi) is 4.84. The van der Waals surface area contributed by atoms with E-state index in [0.29, 0.717) is 12.5 Å². The number of nitrogens with two attached hydrogens (primary N) is 1. The van der Waals surface area contributed by atoms with Crippen LogP contribution in [-0.2, 0) is 11.3 Å². The Morgan fingerprint density at radius 3 is 2.80 bits per heavy atom. The fourth-order valence-corrected chi connectivity index (χ4v) is 2.93. The Labute approximate surface area is 125 Å². The molecule has 3 nitrogen and oxygen atoms in total. The van der Waals surface area contributed by atoms with E-state index in [2.05, 4.69) is 24.4 Å². The molecule has 0 aromatic heterocycles. The molecule has 0 saturated carbocycles. The molecule has 2 aliphatic rings. The molecular formula is C16H20ClNO2. The van der Waals surface area contributed by atoms with Gasteiger partial charge in [-0.2, -0.15) is 0 Å². The summed E-state index contributed by atoms with van der Waals surface area (Å²) in [6.45, 7) is 4.98. The molecule has 2 aliphatic heterocycles. The molecule has 1 aromatic carbocycles. The maximum Gasteiger partial charge on any atom is 0.338 e. The quantitative estimate of drug-likeness (QED) is 0.686. The lowest BCUT2D eigenvalue weighted by atomic mass is 9.94. The van der Waals surface area contributed by atoms with E-state index in [9.17, 15) is 4.79 Å². The van der Waals surface area contributed by atoms with Gasteiger partial charge in [0.2, 0.25) is 0 Å². The summed E-state index contributed by atoms with van der Waals surface area (Å²) in [5.41, 5.74) is 4.19. The number of esters is 1. The summed E-state index contributed by atoms with van der Waals surface area (Å²) in [4.78, 5) is 11.5. The number of fused-ring (bicyclic) bond motifs is 1. The van der Waals surface area contributed by atoms with Gasteiger partial charge in [-0.05, 0) is 30.0 Å². The molecule has 0 bridgehead atoms. The highest BCUT2D eigenvalue weighted by Gasteiger charge is 2.23. The number of quaternary nitrogens is 1. The highest BCUT2D eigenvalue weighted by molar-refractivity contribution is 5.94. The van der Waals surface area contributed by atoms with E-state index >= 15 is 0 Å². The second-order valence-electron chi connectivity index (χ2n) is 5.44. The number of hydrogen-bond acceptors (Lipinski definition) is 2. The van der Waals surface area contributed by atoms with Crippen molar-refractivity contribution >= 4 is 12.0 Å². The van der Waals surface area contributed by atoms with E-state index in [1.165, 1.54) is 37.1 Å². The van der Waals surface area contributed by atoms with Crippen molar-refractivity contribution in [2.45, 2.75) is 26.4 Å². The maximum absolute atomic E-state index is 11.5. The third-order valence-electron chi connectivity index (χ3n) is 4.24. The Morgan fingerprint density at radius 1 is 1.30 bits per heavy atom. The van der Waals surface area contributed by atoms with E-state index < -0.39 is 0 Å². The van der Waals surface area contributed by atoms with Crippen molar-refractivity contribution in [2.75, 3.05) is 13.1 Å². The molecule has 0 spiro atoms. The van der Waals surface area contributed by atoms with Crippen LogP contribution in [0.25, 0.3) is 6.08 Å². The number of carbonyl (C=O) groups is 1. The van der Waals surface area contributed by atoms with Crippen molar-refractivity contribution < 1.29 is 27.3 Å². The zero-order chi connectivity index (χ0) is 13.2. The van der Waals surface area contributed by atoms with Crippen LogP contribution in [0.15, 0.2) is 18.2 Å². The summed E-state index contributed by atoms with van der Waals surface area (Å²) in [7, 11) is 0. The Bertz CT molecular complexity index is 534. The topological polar surface area (TPSA) is 42.9 Å². The monoisotopic (exact) mass is 293 g/mol. The van der Waals surface area contributed by atoms with E-state index in [4.69, 9.17) is 4.74 Å². The summed E-state index contributed by atoms with van der Waals surface area (Å²) >= 11 is 0. The predicted octanol–water partition coefficient (Wildman–Crippen LogP) is -1.34. The normalized spacial score (nSPS) is 18.8. The zero-order valence-corrected chi connectivity index (χ0v) is 12.5. The molecule has 4 heteroatoms. The van der Waals surface area contributed by atoms with Gasteiger partial charge >= 0.3 is 5.97 Å². The number of carbonyl (C=O) groups excluding carboxylic acids is 1. The second kappa shape index (κ2) is 6.42. The van der Waals surface area contributed by atoms with Gasteiger partial charge in [0.1, 0.15) is 6.61 Å². The molecule has 1 saturated heterocycles. The van der Waals surface area contributed by atoms with Crippen molar-refractivity contribution in [3.05, 3.63) is 40.5 Å². The molecule has 0 aliphatic carbocycles. The van der Waals surface area contributed by atoms with Crippen molar-refractivity contribution in [3.63, 3.8) is 0 Å². The molecule has 0 amide bonds. The van der Waals surface area contributed by atoms with Crippen LogP contribution in [0.2, 0.25) is 0 Å². The smallest absolute Gasteiger partial charge is 0.338 e. The summed E-state index contributed by atoms with van der Waals surface area (Å²) in [5, 5.41) is 2.38. The molecule has 0 radical (unpaired) electrons. The van der Waals surface area contributed by atoms with Crippen LogP contribution < -0.4 is 17.7 Å². The van der Waals surface area contributed by atoms with Crippen molar-refractivity contribution in [3.8, 4) is 0 Å². The SMILES string of the molecule is Cc1c(/C=C/C2CC[NH2+]CC2)ccc2c1COC2=O.[Cl-]. The number of piperidine rings is 1. The minimum atomic E-state index is -0.184. The number of rotatable bonds is 2. The maximum atomic E-state index is 11.5. The third kappa shape index (κ3) is 2.89. The minimum Gasteiger partial charge on any atom is -1.00 e. The van der Waals surface area contributed by atoms with Gasteiger partial charge in [-0.1, -0.05) is 18.2 Å². The lowest BCUT2D eigenvalue weighted by molar-refractivity contribution is -0.664. The average Bonchev–Trinajstić information content (AvgIpc) is 2.82. The van der Waals surface area contributed by atoms with E-state index in [-0.39, 0.29) is 18.4 Å². The first-order valence-corrected chi connectivity index (χ1v) is 7.05. The summed E-state index contributed by atoms with van der Waals surface area (Å²) in [6, 6.07) is 3.93. The van der Waals surface area contributed by atoms with Gasteiger partial charge in [0.25, 0.3) is 0 Å². The van der Waals surface area contributed by atoms with Gasteiger partial charge in [-0.3, -0.25) is 0 Å². The summed E-state index contributed by atoms with van der Waals surface area (Å²) < 4.78 is 5.09. The minimum absolute atomic E-state index is 0. The molecule has 1 aromatic rings. The van der Waals surface area contributed by atoms with Gasteiger partial charge in [-0.15, -0.1) is 0 Å². The highest BCUT2D eigenvalue weighted by atomic mass is 35.5. The molecule has 2 N–H and O–H groups in total. The molecule has 0 unspecified atom stereocenters. The Balaban J connectivity index is 0.00000147. The van der Waals surface area contributed by atoms with Crippen LogP contribution in [0.5, 0.6) is 0 Å². The number of benzene rings is 1. The standard InChI is InChI=1S/C16H19NO2.ClH/c1-11-13(3-2-12-6-8-17-9-7-12)4-5-14-15(11)10-19-16(14)18;/h2-5,12,17H,6-10H2,1H3;1H/b3-2+;. The van der Waals surface area contributed by atoms with E-state index in [1.807, 2.05) is 12.1 Å². The van der Waals surface area contributed by atoms with Crippen LogP contribution >= 0.6 is 0 Å². The first kappa shape index (κ1) is 15.1. The molecule has 20 heavy (non-hydrogen) atoms. The highest BCUT2D eigenvalue weighted by Crippen LogP contribution is 2.27. The summed E-state index contributed by atoms with van der Waals surface area (Å²) in [6.07, 6.45) is 7.08. The fourth-order valence-electron chi connectivity index (χ4n) is 2.93. The average molecular weight is 294 g/mol. The lowest BCUT2D eigenvalue weighted by Crippen LogP contribution is -3.00. The predicted molar refractivity (Wildman–Crippen MR) is 73.7 cm³/mol. The van der Waals surface area contributed by atoms with Gasteiger partial charge in [0, 0.05) is 18.4 Å². The molecule has 3 rings (SSSR count). The molecular weight excluding hydrogens is 274 g/mol. The van der Waals surface area contributed by atoms with Crippen LogP contribution in [0.4, 0.5) is 0 Å². The Hall–Kier alpha value is -1.32. The van der Waals surface area contributed by atoms with E-state index in [0.717, 1.165) is 11.1 Å². The van der Waals surface area contributed by atoms with Crippen LogP contribution in [0.1, 0.15) is 39.9 Å².